The Kier molecular flexibility index (Phi) is 6.11. The van der Waals surface area contributed by atoms with Crippen molar-refractivity contribution in [3.8, 4) is 0 Å². The van der Waals surface area contributed by atoms with E-state index in [4.69, 9.17) is 4.42 Å². The fraction of sp³-hybridized carbons (Fsp3) is 0.556. The van der Waals surface area contributed by atoms with Gasteiger partial charge in [0.05, 0.1) is 18.5 Å². The van der Waals surface area contributed by atoms with Crippen LogP contribution in [0.4, 0.5) is 4.79 Å². The first-order valence-corrected chi connectivity index (χ1v) is 8.99. The molecule has 0 bridgehead atoms. The number of aromatic nitrogens is 2. The molecule has 2 N–H and O–H groups in total. The summed E-state index contributed by atoms with van der Waals surface area (Å²) in [5, 5.41) is 10.0. The van der Waals surface area contributed by atoms with Crippen molar-refractivity contribution in [3.05, 3.63) is 42.1 Å². The first kappa shape index (κ1) is 17.5. The van der Waals surface area contributed by atoms with Gasteiger partial charge >= 0.3 is 6.03 Å². The fourth-order valence-corrected chi connectivity index (χ4v) is 3.29. The van der Waals surface area contributed by atoms with Gasteiger partial charge in [-0.3, -0.25) is 9.58 Å². The van der Waals surface area contributed by atoms with E-state index in [1.807, 2.05) is 31.6 Å². The van der Waals surface area contributed by atoms with E-state index in [0.29, 0.717) is 13.1 Å². The van der Waals surface area contributed by atoms with E-state index in [9.17, 15) is 4.79 Å². The molecule has 1 saturated heterocycles. The summed E-state index contributed by atoms with van der Waals surface area (Å²) in [6.45, 7) is 3.24. The number of piperidine rings is 1. The highest BCUT2D eigenvalue weighted by Crippen LogP contribution is 2.24. The number of furan rings is 1. The van der Waals surface area contributed by atoms with Gasteiger partial charge < -0.3 is 15.1 Å². The Morgan fingerprint density at radius 2 is 2.16 bits per heavy atom. The number of nitrogens with one attached hydrogen (secondary N) is 2. The van der Waals surface area contributed by atoms with Crippen molar-refractivity contribution < 1.29 is 9.21 Å². The van der Waals surface area contributed by atoms with Crippen molar-refractivity contribution in [2.24, 2.45) is 7.05 Å². The third-order valence-corrected chi connectivity index (χ3v) is 4.62. The molecule has 1 atom stereocenters. The van der Waals surface area contributed by atoms with Crippen LogP contribution in [0.25, 0.3) is 0 Å². The van der Waals surface area contributed by atoms with Crippen LogP contribution < -0.4 is 10.6 Å². The van der Waals surface area contributed by atoms with E-state index in [1.165, 1.54) is 19.3 Å². The molecule has 7 nitrogen and oxygen atoms in total. The lowest BCUT2D eigenvalue weighted by atomic mass is 10.1. The number of rotatable bonds is 7. The van der Waals surface area contributed by atoms with Crippen LogP contribution in [0.5, 0.6) is 0 Å². The number of aryl methyl sites for hydroxylation is 1. The minimum absolute atomic E-state index is 0.0966. The average molecular weight is 345 g/mol. The van der Waals surface area contributed by atoms with E-state index in [2.05, 4.69) is 20.6 Å². The number of amides is 2. The summed E-state index contributed by atoms with van der Waals surface area (Å²) in [5.41, 5.74) is 1.12. The monoisotopic (exact) mass is 345 g/mol. The minimum Gasteiger partial charge on any atom is -0.468 e. The highest BCUT2D eigenvalue weighted by molar-refractivity contribution is 5.73. The van der Waals surface area contributed by atoms with Gasteiger partial charge in [-0.15, -0.1) is 0 Å². The standard InChI is InChI=1S/C18H27N5O2/c1-22-14-15(12-21-22)7-8-19-18(24)20-13-16(17-6-5-11-25-17)23-9-3-2-4-10-23/h5-6,11-12,14,16H,2-4,7-10,13H2,1H3,(H2,19,20,24)/t16-/m1/s1. The predicted molar refractivity (Wildman–Crippen MR) is 95.2 cm³/mol. The highest BCUT2D eigenvalue weighted by atomic mass is 16.3. The van der Waals surface area contributed by atoms with Crippen LogP contribution >= 0.6 is 0 Å². The van der Waals surface area contributed by atoms with Gasteiger partial charge in [0.25, 0.3) is 0 Å². The van der Waals surface area contributed by atoms with E-state index in [-0.39, 0.29) is 12.1 Å². The molecule has 0 spiro atoms. The van der Waals surface area contributed by atoms with Crippen LogP contribution in [0, 0.1) is 0 Å². The molecule has 1 aliphatic rings. The number of hydrogen-bond donors (Lipinski definition) is 2. The van der Waals surface area contributed by atoms with Crippen molar-refractivity contribution in [2.45, 2.75) is 31.7 Å². The second-order valence-electron chi connectivity index (χ2n) is 6.54. The lowest BCUT2D eigenvalue weighted by Crippen LogP contribution is -2.44. The molecular formula is C18H27N5O2. The second kappa shape index (κ2) is 8.71. The normalized spacial score (nSPS) is 16.5. The van der Waals surface area contributed by atoms with Gasteiger partial charge in [0.15, 0.2) is 0 Å². The molecule has 25 heavy (non-hydrogen) atoms. The Morgan fingerprint density at radius 1 is 1.32 bits per heavy atom. The predicted octanol–water partition coefficient (Wildman–Crippen LogP) is 2.08. The molecule has 7 heteroatoms. The quantitative estimate of drug-likeness (QED) is 0.806. The fourth-order valence-electron chi connectivity index (χ4n) is 3.29. The minimum atomic E-state index is -0.141. The van der Waals surface area contributed by atoms with Gasteiger partial charge in [0.1, 0.15) is 5.76 Å². The summed E-state index contributed by atoms with van der Waals surface area (Å²) in [4.78, 5) is 14.5. The maximum atomic E-state index is 12.1. The summed E-state index contributed by atoms with van der Waals surface area (Å²) in [6, 6.07) is 3.85. The van der Waals surface area contributed by atoms with Gasteiger partial charge in [-0.05, 0) is 50.0 Å². The summed E-state index contributed by atoms with van der Waals surface area (Å²) < 4.78 is 7.37. The van der Waals surface area contributed by atoms with Crippen molar-refractivity contribution in [2.75, 3.05) is 26.2 Å². The Labute approximate surface area is 148 Å². The maximum Gasteiger partial charge on any atom is 0.314 e. The van der Waals surface area contributed by atoms with Crippen LogP contribution in [0.1, 0.15) is 36.6 Å². The Morgan fingerprint density at radius 3 is 2.84 bits per heavy atom. The Hall–Kier alpha value is -2.28. The molecule has 2 aromatic heterocycles. The zero-order chi connectivity index (χ0) is 17.5. The number of nitrogens with zero attached hydrogens (tertiary/aromatic N) is 3. The molecule has 0 aromatic carbocycles. The van der Waals surface area contributed by atoms with Crippen molar-refractivity contribution in [1.82, 2.24) is 25.3 Å². The van der Waals surface area contributed by atoms with Crippen LogP contribution in [0.3, 0.4) is 0 Å². The van der Waals surface area contributed by atoms with E-state index in [1.54, 1.807) is 10.9 Å². The Bertz CT molecular complexity index is 646. The summed E-state index contributed by atoms with van der Waals surface area (Å²) in [5.74, 6) is 0.914. The van der Waals surface area contributed by atoms with Crippen molar-refractivity contribution in [3.63, 3.8) is 0 Å². The summed E-state index contributed by atoms with van der Waals surface area (Å²) in [7, 11) is 1.89. The van der Waals surface area contributed by atoms with Gasteiger partial charge in [-0.2, -0.15) is 5.10 Å². The number of urea groups is 1. The number of carbonyl (C=O) groups is 1. The molecule has 0 radical (unpaired) electrons. The van der Waals surface area contributed by atoms with Crippen LogP contribution in [-0.4, -0.2) is 46.9 Å². The molecule has 1 fully saturated rings. The van der Waals surface area contributed by atoms with Crippen molar-refractivity contribution in [1.29, 1.82) is 0 Å². The smallest absolute Gasteiger partial charge is 0.314 e. The largest absolute Gasteiger partial charge is 0.468 e. The topological polar surface area (TPSA) is 75.3 Å². The molecule has 2 amide bonds. The molecule has 0 aliphatic carbocycles. The van der Waals surface area contributed by atoms with E-state index in [0.717, 1.165) is 30.8 Å². The van der Waals surface area contributed by atoms with Gasteiger partial charge in [0.2, 0.25) is 0 Å². The number of hydrogen-bond acceptors (Lipinski definition) is 4. The summed E-state index contributed by atoms with van der Waals surface area (Å²) in [6.07, 6.45) is 9.94. The SMILES string of the molecule is Cn1cc(CCNC(=O)NC[C@H](c2ccco2)N2CCCCC2)cn1. The van der Waals surface area contributed by atoms with Gasteiger partial charge in [-0.25, -0.2) is 4.79 Å². The van der Waals surface area contributed by atoms with E-state index >= 15 is 0 Å². The Balaban J connectivity index is 1.46. The van der Waals surface area contributed by atoms with Gasteiger partial charge in [0, 0.05) is 26.3 Å². The van der Waals surface area contributed by atoms with E-state index < -0.39 is 0 Å². The lowest BCUT2D eigenvalue weighted by Gasteiger charge is -2.33. The molecule has 136 valence electrons. The average Bonchev–Trinajstić information content (AvgIpc) is 3.28. The summed E-state index contributed by atoms with van der Waals surface area (Å²) >= 11 is 0. The molecular weight excluding hydrogens is 318 g/mol. The molecule has 0 saturated carbocycles. The van der Waals surface area contributed by atoms with Gasteiger partial charge in [-0.1, -0.05) is 6.42 Å². The van der Waals surface area contributed by atoms with Crippen LogP contribution in [0.15, 0.2) is 35.2 Å². The third kappa shape index (κ3) is 5.09. The first-order valence-electron chi connectivity index (χ1n) is 8.99. The van der Waals surface area contributed by atoms with Crippen LogP contribution in [0.2, 0.25) is 0 Å². The third-order valence-electron chi connectivity index (χ3n) is 4.62. The molecule has 2 aromatic rings. The van der Waals surface area contributed by atoms with Crippen molar-refractivity contribution >= 4 is 6.03 Å². The van der Waals surface area contributed by atoms with Crippen LogP contribution in [-0.2, 0) is 13.5 Å². The zero-order valence-electron chi connectivity index (χ0n) is 14.8. The molecule has 3 rings (SSSR count). The lowest BCUT2D eigenvalue weighted by molar-refractivity contribution is 0.143. The zero-order valence-corrected chi connectivity index (χ0v) is 14.8. The number of likely N-dealkylation sites (tertiary alicyclic amines) is 1. The second-order valence-corrected chi connectivity index (χ2v) is 6.54. The first-order chi connectivity index (χ1) is 12.2. The molecule has 0 unspecified atom stereocenters. The highest BCUT2D eigenvalue weighted by Gasteiger charge is 2.24. The molecule has 3 heterocycles. The molecule has 1 aliphatic heterocycles. The maximum absolute atomic E-state index is 12.1. The number of carbonyl (C=O) groups excluding carboxylic acids is 1.